The number of aromatic nitrogens is 1. The van der Waals surface area contributed by atoms with E-state index in [1.807, 2.05) is 0 Å². The quantitative estimate of drug-likeness (QED) is 0.176. The van der Waals surface area contributed by atoms with Crippen LogP contribution in [0.2, 0.25) is 0 Å². The van der Waals surface area contributed by atoms with E-state index >= 15 is 0 Å². The zero-order chi connectivity index (χ0) is 30.5. The molecule has 216 valence electrons. The highest BCUT2D eigenvalue weighted by Gasteiger charge is 2.18. The van der Waals surface area contributed by atoms with Crippen LogP contribution >= 0.6 is 0 Å². The van der Waals surface area contributed by atoms with E-state index in [4.69, 9.17) is 0 Å². The highest BCUT2D eigenvalue weighted by Crippen LogP contribution is 2.42. The Labute approximate surface area is 268 Å². The van der Waals surface area contributed by atoms with E-state index < -0.39 is 0 Å². The van der Waals surface area contributed by atoms with E-state index in [1.54, 1.807) is 0 Å². The Morgan fingerprint density at radius 2 is 0.804 bits per heavy atom. The molecule has 9 aromatic rings. The molecule has 1 heterocycles. The molecule has 0 N–H and O–H groups in total. The SMILES string of the molecule is c1ccc(-c2cc(-c3ccccc3)cc(N(c3ccccc3)c3ccc(-n4c5cccc6ccc7cccc4c7c65)cc3)c2)cc1. The van der Waals surface area contributed by atoms with E-state index in [0.29, 0.717) is 0 Å². The molecule has 0 amide bonds. The van der Waals surface area contributed by atoms with Crippen LogP contribution in [0, 0.1) is 0 Å². The van der Waals surface area contributed by atoms with Crippen molar-refractivity contribution in [2.75, 3.05) is 4.90 Å². The van der Waals surface area contributed by atoms with Gasteiger partial charge in [0.15, 0.2) is 0 Å². The minimum Gasteiger partial charge on any atom is -0.310 e. The van der Waals surface area contributed by atoms with Gasteiger partial charge in [-0.05, 0) is 99.8 Å². The number of anilines is 3. The Morgan fingerprint density at radius 3 is 1.33 bits per heavy atom. The van der Waals surface area contributed by atoms with Gasteiger partial charge in [-0.1, -0.05) is 115 Å². The average molecular weight is 587 g/mol. The monoisotopic (exact) mass is 586 g/mol. The maximum Gasteiger partial charge on any atom is 0.0547 e. The van der Waals surface area contributed by atoms with E-state index in [1.165, 1.54) is 54.8 Å². The molecule has 0 aliphatic rings. The third-order valence-electron chi connectivity index (χ3n) is 9.09. The summed E-state index contributed by atoms with van der Waals surface area (Å²) in [6.07, 6.45) is 0. The van der Waals surface area contributed by atoms with Crippen LogP contribution in [-0.4, -0.2) is 4.57 Å². The molecule has 9 rings (SSSR count). The first kappa shape index (κ1) is 26.3. The van der Waals surface area contributed by atoms with Gasteiger partial charge < -0.3 is 9.47 Å². The van der Waals surface area contributed by atoms with Gasteiger partial charge in [-0.15, -0.1) is 0 Å². The highest BCUT2D eigenvalue weighted by atomic mass is 15.1. The van der Waals surface area contributed by atoms with Crippen molar-refractivity contribution in [2.45, 2.75) is 0 Å². The molecule has 0 saturated heterocycles. The van der Waals surface area contributed by atoms with Crippen molar-refractivity contribution in [3.8, 4) is 27.9 Å². The first-order valence-corrected chi connectivity index (χ1v) is 15.8. The maximum absolute atomic E-state index is 2.41. The van der Waals surface area contributed by atoms with E-state index in [0.717, 1.165) is 22.7 Å². The summed E-state index contributed by atoms with van der Waals surface area (Å²) in [5, 5.41) is 5.21. The number of nitrogens with zero attached hydrogens (tertiary/aromatic N) is 2. The van der Waals surface area contributed by atoms with Crippen molar-refractivity contribution in [3.63, 3.8) is 0 Å². The Hall–Kier alpha value is -6.12. The average Bonchev–Trinajstić information content (AvgIpc) is 3.48. The summed E-state index contributed by atoms with van der Waals surface area (Å²) >= 11 is 0. The summed E-state index contributed by atoms with van der Waals surface area (Å²) in [5.41, 5.74) is 11.7. The molecule has 0 atom stereocenters. The van der Waals surface area contributed by atoms with Gasteiger partial charge in [0.1, 0.15) is 0 Å². The largest absolute Gasteiger partial charge is 0.310 e. The molecule has 8 aromatic carbocycles. The highest BCUT2D eigenvalue weighted by molar-refractivity contribution is 6.24. The van der Waals surface area contributed by atoms with Gasteiger partial charge in [-0.2, -0.15) is 0 Å². The maximum atomic E-state index is 2.41. The van der Waals surface area contributed by atoms with Gasteiger partial charge in [-0.3, -0.25) is 0 Å². The van der Waals surface area contributed by atoms with Crippen LogP contribution in [-0.2, 0) is 0 Å². The van der Waals surface area contributed by atoms with Crippen LogP contribution in [0.5, 0.6) is 0 Å². The summed E-state index contributed by atoms with van der Waals surface area (Å²) < 4.78 is 2.41. The van der Waals surface area contributed by atoms with Crippen LogP contribution in [0.25, 0.3) is 60.5 Å². The molecule has 2 heteroatoms. The third-order valence-corrected chi connectivity index (χ3v) is 9.09. The summed E-state index contributed by atoms with van der Waals surface area (Å²) in [7, 11) is 0. The Kier molecular flexibility index (Phi) is 6.17. The van der Waals surface area contributed by atoms with Gasteiger partial charge in [0, 0.05) is 33.5 Å². The van der Waals surface area contributed by atoms with Crippen LogP contribution in [0.1, 0.15) is 0 Å². The van der Waals surface area contributed by atoms with Gasteiger partial charge in [0.2, 0.25) is 0 Å². The normalized spacial score (nSPS) is 11.5. The first-order valence-electron chi connectivity index (χ1n) is 15.8. The fraction of sp³-hybridized carbons (Fsp3) is 0. The van der Waals surface area contributed by atoms with E-state index in [9.17, 15) is 0 Å². The van der Waals surface area contributed by atoms with E-state index in [-0.39, 0.29) is 0 Å². The van der Waals surface area contributed by atoms with Gasteiger partial charge in [0.25, 0.3) is 0 Å². The molecular weight excluding hydrogens is 556 g/mol. The molecule has 0 spiro atoms. The molecular formula is C44H30N2. The molecule has 0 unspecified atom stereocenters. The number of benzene rings is 8. The van der Waals surface area contributed by atoms with Gasteiger partial charge >= 0.3 is 0 Å². The Morgan fingerprint density at radius 1 is 0.326 bits per heavy atom. The number of rotatable bonds is 6. The van der Waals surface area contributed by atoms with Crippen molar-refractivity contribution >= 4 is 49.6 Å². The number of hydrogen-bond acceptors (Lipinski definition) is 1. The third kappa shape index (κ3) is 4.35. The van der Waals surface area contributed by atoms with Crippen molar-refractivity contribution in [3.05, 3.63) is 182 Å². The van der Waals surface area contributed by atoms with Crippen LogP contribution in [0.4, 0.5) is 17.1 Å². The molecule has 46 heavy (non-hydrogen) atoms. The van der Waals surface area contributed by atoms with Crippen molar-refractivity contribution in [1.82, 2.24) is 4.57 Å². The predicted molar refractivity (Wildman–Crippen MR) is 195 cm³/mol. The lowest BCUT2D eigenvalue weighted by Gasteiger charge is -2.27. The molecule has 1 aromatic heterocycles. The van der Waals surface area contributed by atoms with Crippen molar-refractivity contribution in [1.29, 1.82) is 0 Å². The molecule has 2 nitrogen and oxygen atoms in total. The van der Waals surface area contributed by atoms with Crippen molar-refractivity contribution in [2.24, 2.45) is 0 Å². The minimum atomic E-state index is 1.10. The summed E-state index contributed by atoms with van der Waals surface area (Å²) in [6.45, 7) is 0. The molecule has 0 radical (unpaired) electrons. The van der Waals surface area contributed by atoms with Gasteiger partial charge in [0.05, 0.1) is 11.0 Å². The topological polar surface area (TPSA) is 8.17 Å². The standard InChI is InChI=1S/C44H30N2/c1-4-12-31(13-5-1)35-28-36(32-14-6-2-7-15-32)30-40(29-35)45(37-18-8-3-9-19-37)38-24-26-39(27-25-38)46-41-20-10-16-33-22-23-34-17-11-21-42(46)44(34)43(33)41/h1-30H. The van der Waals surface area contributed by atoms with Crippen LogP contribution < -0.4 is 4.90 Å². The number of hydrogen-bond donors (Lipinski definition) is 0. The zero-order valence-electron chi connectivity index (χ0n) is 25.2. The lowest BCUT2D eigenvalue weighted by molar-refractivity contribution is 1.17. The molecule has 0 fully saturated rings. The predicted octanol–water partition coefficient (Wildman–Crippen LogP) is 12.2. The second-order valence-electron chi connectivity index (χ2n) is 11.8. The smallest absolute Gasteiger partial charge is 0.0547 e. The molecule has 0 bridgehead atoms. The van der Waals surface area contributed by atoms with Crippen LogP contribution in [0.3, 0.4) is 0 Å². The fourth-order valence-electron chi connectivity index (χ4n) is 7.01. The van der Waals surface area contributed by atoms with Crippen molar-refractivity contribution < 1.29 is 0 Å². The molecule has 0 saturated carbocycles. The molecule has 0 aliphatic heterocycles. The Bertz CT molecular complexity index is 2320. The number of para-hydroxylation sites is 1. The van der Waals surface area contributed by atoms with Gasteiger partial charge in [-0.25, -0.2) is 0 Å². The van der Waals surface area contributed by atoms with Crippen LogP contribution in [0.15, 0.2) is 182 Å². The Balaban J connectivity index is 1.22. The van der Waals surface area contributed by atoms with E-state index in [2.05, 4.69) is 191 Å². The molecule has 0 aliphatic carbocycles. The summed E-state index contributed by atoms with van der Waals surface area (Å²) in [6, 6.07) is 65.6. The minimum absolute atomic E-state index is 1.10. The lowest BCUT2D eigenvalue weighted by Crippen LogP contribution is -2.10. The zero-order valence-corrected chi connectivity index (χ0v) is 25.2. The second-order valence-corrected chi connectivity index (χ2v) is 11.8. The second kappa shape index (κ2) is 10.8. The summed E-state index contributed by atoms with van der Waals surface area (Å²) in [4.78, 5) is 2.36. The summed E-state index contributed by atoms with van der Waals surface area (Å²) in [5.74, 6) is 0. The lowest BCUT2D eigenvalue weighted by atomic mass is 9.97. The first-order chi connectivity index (χ1) is 22.8. The fourth-order valence-corrected chi connectivity index (χ4v) is 7.01.